The van der Waals surface area contributed by atoms with E-state index in [0.717, 1.165) is 19.3 Å². The fraction of sp³-hybridized carbons (Fsp3) is 0.276. The second kappa shape index (κ2) is 14.0. The highest BCUT2D eigenvalue weighted by Gasteiger charge is 2.29. The summed E-state index contributed by atoms with van der Waals surface area (Å²) in [6.07, 6.45) is 2.59. The molecule has 1 aliphatic rings. The van der Waals surface area contributed by atoms with Crippen LogP contribution in [0.15, 0.2) is 71.6 Å². The van der Waals surface area contributed by atoms with Gasteiger partial charge in [0, 0.05) is 25.2 Å². The lowest BCUT2D eigenvalue weighted by Gasteiger charge is -2.27. The molecule has 42 heavy (non-hydrogen) atoms. The molecule has 3 aromatic rings. The normalized spacial score (nSPS) is 14.5. The van der Waals surface area contributed by atoms with E-state index in [4.69, 9.17) is 27.9 Å². The van der Waals surface area contributed by atoms with Gasteiger partial charge in [-0.2, -0.15) is 4.31 Å². The lowest BCUT2D eigenvalue weighted by molar-refractivity contribution is -0.142. The maximum absolute atomic E-state index is 13.3. The molecule has 1 fully saturated rings. The Morgan fingerprint density at radius 1 is 0.881 bits per heavy atom. The van der Waals surface area contributed by atoms with Crippen LogP contribution < -0.4 is 16.0 Å². The number of carbonyl (C=O) groups is 3. The minimum Gasteiger partial charge on any atom is -0.467 e. The predicted octanol–water partition coefficient (Wildman–Crippen LogP) is 5.33. The molecule has 3 N–H and O–H groups in total. The lowest BCUT2D eigenvalue weighted by Crippen LogP contribution is -2.45. The molecule has 0 aromatic heterocycles. The summed E-state index contributed by atoms with van der Waals surface area (Å²) in [5.41, 5.74) is 1.37. The number of urea groups is 1. The zero-order valence-electron chi connectivity index (χ0n) is 22.7. The molecule has 3 aromatic carbocycles. The molecule has 1 heterocycles. The molecular weight excluding hydrogens is 603 g/mol. The summed E-state index contributed by atoms with van der Waals surface area (Å²) in [5.74, 6) is -1.17. The summed E-state index contributed by atoms with van der Waals surface area (Å²) in [5, 5.41) is 8.30. The number of hydrogen-bond donors (Lipinski definition) is 3. The Hall–Kier alpha value is -3.64. The van der Waals surface area contributed by atoms with Gasteiger partial charge in [-0.3, -0.25) is 4.79 Å². The summed E-state index contributed by atoms with van der Waals surface area (Å²) in [6, 6.07) is 15.7. The van der Waals surface area contributed by atoms with Crippen molar-refractivity contribution in [2.75, 3.05) is 30.8 Å². The molecule has 0 saturated carbocycles. The summed E-state index contributed by atoms with van der Waals surface area (Å²) in [4.78, 5) is 38.1. The first-order valence-corrected chi connectivity index (χ1v) is 15.4. The summed E-state index contributed by atoms with van der Waals surface area (Å²) < 4.78 is 32.8. The van der Waals surface area contributed by atoms with Gasteiger partial charge in [0.05, 0.1) is 28.4 Å². The smallest absolute Gasteiger partial charge is 0.328 e. The molecule has 1 atom stereocenters. The van der Waals surface area contributed by atoms with Crippen LogP contribution in [0.1, 0.15) is 35.2 Å². The number of piperidine rings is 1. The number of para-hydroxylation sites is 1. The number of nitrogens with zero attached hydrogens (tertiary/aromatic N) is 1. The van der Waals surface area contributed by atoms with Crippen LogP contribution in [0, 0.1) is 0 Å². The van der Waals surface area contributed by atoms with Crippen molar-refractivity contribution < 1.29 is 27.5 Å². The summed E-state index contributed by atoms with van der Waals surface area (Å²) >= 11 is 12.2. The molecule has 10 nitrogen and oxygen atoms in total. The van der Waals surface area contributed by atoms with Crippen LogP contribution >= 0.6 is 23.2 Å². The van der Waals surface area contributed by atoms with Crippen molar-refractivity contribution in [1.82, 2.24) is 9.62 Å². The number of rotatable bonds is 9. The Morgan fingerprint density at radius 3 is 2.17 bits per heavy atom. The molecular formula is C29H30Cl2N4O6S. The number of amides is 3. The van der Waals surface area contributed by atoms with Crippen molar-refractivity contribution in [2.45, 2.75) is 36.6 Å². The minimum atomic E-state index is -3.82. The molecule has 222 valence electrons. The third-order valence-corrected chi connectivity index (χ3v) is 9.29. The van der Waals surface area contributed by atoms with Crippen molar-refractivity contribution in [3.05, 3.63) is 87.9 Å². The third-order valence-electron chi connectivity index (χ3n) is 6.70. The summed E-state index contributed by atoms with van der Waals surface area (Å²) in [7, 11) is -2.61. The van der Waals surface area contributed by atoms with E-state index < -0.39 is 34.0 Å². The van der Waals surface area contributed by atoms with Crippen LogP contribution in [-0.4, -0.2) is 56.9 Å². The zero-order valence-corrected chi connectivity index (χ0v) is 25.1. The van der Waals surface area contributed by atoms with Crippen molar-refractivity contribution in [3.63, 3.8) is 0 Å². The number of hydrogen-bond acceptors (Lipinski definition) is 6. The van der Waals surface area contributed by atoms with Crippen LogP contribution in [0.3, 0.4) is 0 Å². The van der Waals surface area contributed by atoms with Gasteiger partial charge in [-0.1, -0.05) is 60.0 Å². The Morgan fingerprint density at radius 2 is 1.52 bits per heavy atom. The van der Waals surface area contributed by atoms with Crippen LogP contribution in [0.2, 0.25) is 10.0 Å². The van der Waals surface area contributed by atoms with Crippen LogP contribution in [-0.2, 0) is 26.0 Å². The number of halogens is 2. The van der Waals surface area contributed by atoms with Gasteiger partial charge in [-0.25, -0.2) is 18.0 Å². The summed E-state index contributed by atoms with van der Waals surface area (Å²) in [6.45, 7) is 0.840. The number of esters is 1. The maximum atomic E-state index is 13.3. The van der Waals surface area contributed by atoms with Gasteiger partial charge in [0.25, 0.3) is 5.91 Å². The van der Waals surface area contributed by atoms with E-state index in [1.54, 1.807) is 54.6 Å². The molecule has 0 bridgehead atoms. The SMILES string of the molecule is COC(=O)[C@H](Cc1ccc(NC(=O)c2c(Cl)cccc2Cl)cc1)NC(=O)Nc1ccccc1S(=O)(=O)N1CCCCC1. The number of ether oxygens (including phenoxy) is 1. The molecule has 1 saturated heterocycles. The quantitative estimate of drug-likeness (QED) is 0.273. The molecule has 0 radical (unpaired) electrons. The fourth-order valence-electron chi connectivity index (χ4n) is 4.56. The Labute approximate surface area is 254 Å². The average molecular weight is 634 g/mol. The van der Waals surface area contributed by atoms with E-state index in [0.29, 0.717) is 24.3 Å². The first-order valence-electron chi connectivity index (χ1n) is 13.2. The van der Waals surface area contributed by atoms with E-state index >= 15 is 0 Å². The van der Waals surface area contributed by atoms with Crippen LogP contribution in [0.4, 0.5) is 16.2 Å². The second-order valence-electron chi connectivity index (χ2n) is 9.59. The number of carbonyl (C=O) groups excluding carboxylic acids is 3. The van der Waals surface area contributed by atoms with Crippen molar-refractivity contribution in [3.8, 4) is 0 Å². The van der Waals surface area contributed by atoms with Crippen molar-refractivity contribution in [1.29, 1.82) is 0 Å². The van der Waals surface area contributed by atoms with Crippen LogP contribution in [0.5, 0.6) is 0 Å². The largest absolute Gasteiger partial charge is 0.467 e. The molecule has 4 rings (SSSR count). The average Bonchev–Trinajstić information content (AvgIpc) is 2.98. The van der Waals surface area contributed by atoms with Gasteiger partial charge in [0.2, 0.25) is 10.0 Å². The second-order valence-corrected chi connectivity index (χ2v) is 12.3. The van der Waals surface area contributed by atoms with Crippen molar-refractivity contribution >= 4 is 62.5 Å². The monoisotopic (exact) mass is 632 g/mol. The number of nitrogens with one attached hydrogen (secondary N) is 3. The first kappa shape index (κ1) is 31.3. The van der Waals surface area contributed by atoms with E-state index in [9.17, 15) is 22.8 Å². The number of benzene rings is 3. The Kier molecular flexibility index (Phi) is 10.4. The van der Waals surface area contributed by atoms with Gasteiger partial charge in [0.1, 0.15) is 10.9 Å². The number of sulfonamides is 1. The van der Waals surface area contributed by atoms with Gasteiger partial charge < -0.3 is 20.7 Å². The molecule has 1 aliphatic heterocycles. The van der Waals surface area contributed by atoms with E-state index in [2.05, 4.69) is 16.0 Å². The van der Waals surface area contributed by atoms with Gasteiger partial charge in [-0.05, 0) is 54.8 Å². The van der Waals surface area contributed by atoms with Crippen molar-refractivity contribution in [2.24, 2.45) is 0 Å². The number of anilines is 2. The lowest BCUT2D eigenvalue weighted by atomic mass is 10.1. The highest BCUT2D eigenvalue weighted by molar-refractivity contribution is 7.89. The first-order chi connectivity index (χ1) is 20.1. The van der Waals surface area contributed by atoms with Gasteiger partial charge in [0.15, 0.2) is 0 Å². The molecule has 0 spiro atoms. The third kappa shape index (κ3) is 7.60. The Bertz CT molecular complexity index is 1540. The molecule has 3 amide bonds. The standard InChI is InChI=1S/C29H30Cl2N4O6S/c1-41-28(37)24(18-19-12-14-20(15-13-19)32-27(36)26-21(30)8-7-9-22(26)31)34-29(38)33-23-10-3-4-11-25(23)42(39,40)35-16-5-2-6-17-35/h3-4,7-15,24H,2,5-6,16-18H2,1H3,(H,32,36)(H2,33,34,38)/t24-/m0/s1. The van der Waals surface area contributed by atoms with Gasteiger partial charge in [-0.15, -0.1) is 0 Å². The molecule has 13 heteroatoms. The van der Waals surface area contributed by atoms with Crippen LogP contribution in [0.25, 0.3) is 0 Å². The maximum Gasteiger partial charge on any atom is 0.328 e. The van der Waals surface area contributed by atoms with E-state index in [-0.39, 0.29) is 32.6 Å². The molecule has 0 aliphatic carbocycles. The van der Waals surface area contributed by atoms with Gasteiger partial charge >= 0.3 is 12.0 Å². The number of methoxy groups -OCH3 is 1. The predicted molar refractivity (Wildman–Crippen MR) is 162 cm³/mol. The Balaban J connectivity index is 1.43. The molecule has 0 unspecified atom stereocenters. The topological polar surface area (TPSA) is 134 Å². The van der Waals surface area contributed by atoms with E-state index in [1.165, 1.54) is 23.5 Å². The minimum absolute atomic E-state index is 0.0209. The highest BCUT2D eigenvalue weighted by Crippen LogP contribution is 2.27. The van der Waals surface area contributed by atoms with E-state index in [1.807, 2.05) is 0 Å². The zero-order chi connectivity index (χ0) is 30.3. The fourth-order valence-corrected chi connectivity index (χ4v) is 6.79. The highest BCUT2D eigenvalue weighted by atomic mass is 35.5.